The standard InChI is InChI=1S/C14H8F7N3O2/c15-12(16,13(17,18)14(19,20)21)11(25)22-23-5-1-9(2-6-23)10-3-7-24(26)8-4-10/h1-8H/p+1. The molecule has 26 heavy (non-hydrogen) atoms. The zero-order chi connectivity index (χ0) is 19.8. The monoisotopic (exact) mass is 384 g/mol. The predicted molar refractivity (Wildman–Crippen MR) is 73.1 cm³/mol. The molecule has 1 N–H and O–H groups in total. The van der Waals surface area contributed by atoms with Gasteiger partial charge >= 0.3 is 23.9 Å². The highest BCUT2D eigenvalue weighted by atomic mass is 19.4. The van der Waals surface area contributed by atoms with Crippen LogP contribution in [0.15, 0.2) is 60.3 Å². The number of hydrazine groups is 1. The van der Waals surface area contributed by atoms with E-state index in [-0.39, 0.29) is 0 Å². The molecule has 2 aliphatic rings. The minimum atomic E-state index is -6.60. The van der Waals surface area contributed by atoms with Crippen molar-refractivity contribution in [3.05, 3.63) is 65.2 Å². The number of nitrogens with zero attached hydrogens (tertiary/aromatic N) is 2. The van der Waals surface area contributed by atoms with E-state index in [1.165, 1.54) is 42.1 Å². The van der Waals surface area contributed by atoms with Crippen LogP contribution >= 0.6 is 0 Å². The summed E-state index contributed by atoms with van der Waals surface area (Å²) >= 11 is 0. The zero-order valence-corrected chi connectivity index (χ0v) is 12.5. The molecule has 0 aliphatic carbocycles. The predicted octanol–water partition coefficient (Wildman–Crippen LogP) is 3.31. The van der Waals surface area contributed by atoms with Crippen LogP contribution in [-0.2, 0) is 4.79 Å². The molecule has 0 atom stereocenters. The molecule has 12 heteroatoms. The summed E-state index contributed by atoms with van der Waals surface area (Å²) < 4.78 is 88.8. The van der Waals surface area contributed by atoms with Gasteiger partial charge in [0.15, 0.2) is 0 Å². The third-order valence-corrected chi connectivity index (χ3v) is 3.23. The van der Waals surface area contributed by atoms with E-state index in [0.717, 1.165) is 12.4 Å². The van der Waals surface area contributed by atoms with Crippen LogP contribution in [0.25, 0.3) is 0 Å². The first-order valence-electron chi connectivity index (χ1n) is 6.70. The maximum atomic E-state index is 13.2. The van der Waals surface area contributed by atoms with E-state index in [4.69, 9.17) is 0 Å². The number of amides is 1. The van der Waals surface area contributed by atoms with Gasteiger partial charge in [0.25, 0.3) is 0 Å². The Morgan fingerprint density at radius 1 is 0.885 bits per heavy atom. The number of halogens is 7. The molecule has 0 unspecified atom stereocenters. The van der Waals surface area contributed by atoms with Gasteiger partial charge in [-0.25, -0.2) is 0 Å². The zero-order valence-electron chi connectivity index (χ0n) is 12.5. The molecule has 2 aliphatic heterocycles. The molecule has 0 aromatic rings. The van der Waals surface area contributed by atoms with E-state index >= 15 is 0 Å². The van der Waals surface area contributed by atoms with E-state index in [1.807, 2.05) is 0 Å². The average molecular weight is 384 g/mol. The first-order chi connectivity index (χ1) is 11.9. The number of alkyl halides is 7. The summed E-state index contributed by atoms with van der Waals surface area (Å²) in [5.74, 6) is -15.4. The number of allylic oxidation sites excluding steroid dienone is 6. The number of carbonyl (C=O) groups is 1. The van der Waals surface area contributed by atoms with Crippen LogP contribution in [0.1, 0.15) is 0 Å². The summed E-state index contributed by atoms with van der Waals surface area (Å²) in [5.41, 5.74) is 2.24. The van der Waals surface area contributed by atoms with Gasteiger partial charge in [-0.1, -0.05) is 0 Å². The van der Waals surface area contributed by atoms with Crippen LogP contribution in [0.5, 0.6) is 0 Å². The Labute approximate surface area is 141 Å². The molecule has 0 radical (unpaired) electrons. The summed E-state index contributed by atoms with van der Waals surface area (Å²) in [6.45, 7) is 0. The lowest BCUT2D eigenvalue weighted by molar-refractivity contribution is -0.403. The molecule has 2 heterocycles. The molecule has 2 rings (SSSR count). The first kappa shape index (κ1) is 19.4. The molecule has 5 nitrogen and oxygen atoms in total. The fraction of sp³-hybridized carbons (Fsp3) is 0.214. The van der Waals surface area contributed by atoms with Crippen molar-refractivity contribution in [2.24, 2.45) is 0 Å². The van der Waals surface area contributed by atoms with Gasteiger partial charge in [0.05, 0.1) is 4.76 Å². The van der Waals surface area contributed by atoms with Gasteiger partial charge in [-0.3, -0.25) is 15.2 Å². The second kappa shape index (κ2) is 6.42. The molecule has 0 spiro atoms. The largest absolute Gasteiger partial charge is 0.460 e. The molecule has 0 bridgehead atoms. The van der Waals surface area contributed by atoms with Gasteiger partial charge in [0.2, 0.25) is 12.4 Å². The summed E-state index contributed by atoms with van der Waals surface area (Å²) in [7, 11) is 0. The molecule has 140 valence electrons. The third kappa shape index (κ3) is 3.53. The van der Waals surface area contributed by atoms with Crippen molar-refractivity contribution in [2.45, 2.75) is 18.0 Å². The maximum absolute atomic E-state index is 13.2. The Kier molecular flexibility index (Phi) is 4.79. The summed E-state index contributed by atoms with van der Waals surface area (Å²) in [6, 6.07) is 0. The molecule has 0 saturated carbocycles. The first-order valence-corrected chi connectivity index (χ1v) is 6.70. The number of rotatable bonds is 3. The van der Waals surface area contributed by atoms with E-state index < -0.39 is 23.9 Å². The highest BCUT2D eigenvalue weighted by Gasteiger charge is 2.76. The van der Waals surface area contributed by atoms with Crippen molar-refractivity contribution >= 4 is 5.91 Å². The van der Waals surface area contributed by atoms with Gasteiger partial charge in [0.1, 0.15) is 0 Å². The fourth-order valence-corrected chi connectivity index (χ4v) is 1.81. The van der Waals surface area contributed by atoms with Crippen LogP contribution in [0.3, 0.4) is 0 Å². The second-order valence-electron chi connectivity index (χ2n) is 5.03. The Morgan fingerprint density at radius 2 is 1.35 bits per heavy atom. The van der Waals surface area contributed by atoms with Crippen LogP contribution in [0.2, 0.25) is 0 Å². The Hall–Kier alpha value is -2.92. The summed E-state index contributed by atoms with van der Waals surface area (Å²) in [6.07, 6.45) is 3.01. The summed E-state index contributed by atoms with van der Waals surface area (Å²) in [4.78, 5) is 22.1. The Morgan fingerprint density at radius 3 is 1.81 bits per heavy atom. The highest BCUT2D eigenvalue weighted by molar-refractivity contribution is 5.84. The molecule has 1 amide bonds. The van der Waals surface area contributed by atoms with Gasteiger partial charge in [-0.2, -0.15) is 30.7 Å². The second-order valence-corrected chi connectivity index (χ2v) is 5.03. The average Bonchev–Trinajstić information content (AvgIpc) is 2.55. The van der Waals surface area contributed by atoms with Crippen molar-refractivity contribution in [3.8, 4) is 0 Å². The van der Waals surface area contributed by atoms with Crippen molar-refractivity contribution in [3.63, 3.8) is 0 Å². The third-order valence-electron chi connectivity index (χ3n) is 3.23. The highest BCUT2D eigenvalue weighted by Crippen LogP contribution is 2.46. The molecule has 0 aromatic heterocycles. The summed E-state index contributed by atoms with van der Waals surface area (Å²) in [5, 5.41) is 0.489. The maximum Gasteiger partial charge on any atom is 0.460 e. The van der Waals surface area contributed by atoms with Gasteiger partial charge in [0, 0.05) is 29.5 Å². The Bertz CT molecular complexity index is 742. The van der Waals surface area contributed by atoms with Gasteiger partial charge in [-0.05, 0) is 23.3 Å². The van der Waals surface area contributed by atoms with Crippen molar-refractivity contribution in [1.82, 2.24) is 10.4 Å². The number of nitrogens with one attached hydrogen (secondary N) is 1. The van der Waals surface area contributed by atoms with E-state index in [0.29, 0.717) is 20.9 Å². The van der Waals surface area contributed by atoms with Crippen molar-refractivity contribution in [2.75, 3.05) is 0 Å². The lowest BCUT2D eigenvalue weighted by Crippen LogP contribution is -2.60. The van der Waals surface area contributed by atoms with Gasteiger partial charge < -0.3 is 0 Å². The number of carbonyl (C=O) groups excluding carboxylic acids is 1. The molecule has 0 saturated heterocycles. The van der Waals surface area contributed by atoms with E-state index in [9.17, 15) is 40.4 Å². The number of nitroso groups, excluding NO2 is 1. The lowest BCUT2D eigenvalue weighted by atomic mass is 10.1. The SMILES string of the molecule is O=C(NN1C=CC(=C2C=C[N+](=O)C=C2)C=C1)C(F)(F)C(F)(F)C(F)(F)F. The van der Waals surface area contributed by atoms with Crippen molar-refractivity contribution < 1.29 is 40.3 Å². The normalized spacial score (nSPS) is 18.0. The number of hydrogen-bond acceptors (Lipinski definition) is 3. The van der Waals surface area contributed by atoms with Crippen LogP contribution in [-0.4, -0.2) is 33.7 Å². The van der Waals surface area contributed by atoms with Crippen LogP contribution in [0.4, 0.5) is 30.7 Å². The fourth-order valence-electron chi connectivity index (χ4n) is 1.81. The van der Waals surface area contributed by atoms with Crippen molar-refractivity contribution in [1.29, 1.82) is 0 Å². The molecular formula is C14H9F7N3O2+. The minimum Gasteiger partial charge on any atom is -0.268 e. The minimum absolute atomic E-state index is 0.462. The lowest BCUT2D eigenvalue weighted by Gasteiger charge is -2.29. The Balaban J connectivity index is 2.11. The van der Waals surface area contributed by atoms with Crippen LogP contribution < -0.4 is 5.43 Å². The van der Waals surface area contributed by atoms with Gasteiger partial charge in [-0.15, -0.1) is 0 Å². The van der Waals surface area contributed by atoms with E-state index in [2.05, 4.69) is 0 Å². The van der Waals surface area contributed by atoms with E-state index in [1.54, 1.807) is 0 Å². The molecule has 0 fully saturated rings. The molecular weight excluding hydrogens is 375 g/mol. The quantitative estimate of drug-likeness (QED) is 0.600. The smallest absolute Gasteiger partial charge is 0.268 e. The molecule has 0 aromatic carbocycles. The number of hydrogen-bond donors (Lipinski definition) is 1. The van der Waals surface area contributed by atoms with Crippen LogP contribution in [0, 0.1) is 4.91 Å². The topological polar surface area (TPSA) is 52.4 Å².